The number of rotatable bonds is 4. The van der Waals surface area contributed by atoms with Crippen molar-refractivity contribution in [1.82, 2.24) is 0 Å². The smallest absolute Gasteiger partial charge is 0.396 e. The Morgan fingerprint density at radius 3 is 2.41 bits per heavy atom. The molecule has 2 nitrogen and oxygen atoms in total. The first-order valence-electron chi connectivity index (χ1n) is 5.09. The highest BCUT2D eigenvalue weighted by atomic mass is 19.4. The van der Waals surface area contributed by atoms with Crippen LogP contribution in [0.5, 0.6) is 0 Å². The number of benzene rings is 1. The van der Waals surface area contributed by atoms with Crippen LogP contribution in [0.3, 0.4) is 0 Å². The van der Waals surface area contributed by atoms with Crippen LogP contribution in [0.15, 0.2) is 18.2 Å². The summed E-state index contributed by atoms with van der Waals surface area (Å²) in [6.07, 6.45) is -3.89. The number of alkyl halides is 3. The van der Waals surface area contributed by atoms with Crippen LogP contribution >= 0.6 is 0 Å². The average molecular weight is 251 g/mol. The van der Waals surface area contributed by atoms with E-state index in [-0.39, 0.29) is 6.61 Å². The second-order valence-electron chi connectivity index (χ2n) is 3.71. The highest BCUT2D eigenvalue weighted by molar-refractivity contribution is 5.28. The van der Waals surface area contributed by atoms with Crippen LogP contribution in [0.1, 0.15) is 30.0 Å². The van der Waals surface area contributed by atoms with Gasteiger partial charge in [0.05, 0.1) is 5.56 Å². The topological polar surface area (TPSA) is 46.2 Å². The van der Waals surface area contributed by atoms with E-state index in [2.05, 4.69) is 0 Å². The zero-order chi connectivity index (χ0) is 13.1. The predicted octanol–water partition coefficient (Wildman–Crippen LogP) is 2.62. The molecular weight excluding hydrogens is 238 g/mol. The van der Waals surface area contributed by atoms with Crippen molar-refractivity contribution in [3.8, 4) is 0 Å². The van der Waals surface area contributed by atoms with E-state index in [1.54, 1.807) is 0 Å². The molecule has 0 radical (unpaired) electrons. The summed E-state index contributed by atoms with van der Waals surface area (Å²) in [5, 5.41) is 8.59. The van der Waals surface area contributed by atoms with Gasteiger partial charge in [0.1, 0.15) is 5.82 Å². The Morgan fingerprint density at radius 1 is 1.29 bits per heavy atom. The lowest BCUT2D eigenvalue weighted by Gasteiger charge is -2.14. The molecule has 96 valence electrons. The number of halogens is 4. The Bertz CT molecular complexity index is 378. The van der Waals surface area contributed by atoms with Crippen molar-refractivity contribution in [2.24, 2.45) is 5.73 Å². The molecular formula is C11H13F4NO. The molecule has 0 fully saturated rings. The second-order valence-corrected chi connectivity index (χ2v) is 3.71. The number of aliphatic hydroxyl groups excluding tert-OH is 1. The first kappa shape index (κ1) is 13.9. The molecule has 0 aromatic heterocycles. The lowest BCUT2D eigenvalue weighted by Crippen LogP contribution is -2.13. The summed E-state index contributed by atoms with van der Waals surface area (Å²) < 4.78 is 50.0. The fraction of sp³-hybridized carbons (Fsp3) is 0.455. The van der Waals surface area contributed by atoms with Gasteiger partial charge in [0, 0.05) is 12.6 Å². The molecule has 0 aliphatic carbocycles. The lowest BCUT2D eigenvalue weighted by molar-refractivity contribution is -0.140. The van der Waals surface area contributed by atoms with Crippen LogP contribution in [0.25, 0.3) is 0 Å². The largest absolute Gasteiger partial charge is 0.419 e. The lowest BCUT2D eigenvalue weighted by atomic mass is 10.0. The molecule has 0 aliphatic rings. The highest BCUT2D eigenvalue weighted by Gasteiger charge is 2.34. The summed E-state index contributed by atoms with van der Waals surface area (Å²) >= 11 is 0. The molecule has 0 unspecified atom stereocenters. The van der Waals surface area contributed by atoms with Gasteiger partial charge >= 0.3 is 6.18 Å². The first-order chi connectivity index (χ1) is 7.86. The van der Waals surface area contributed by atoms with Crippen LogP contribution in [0.2, 0.25) is 0 Å². The summed E-state index contributed by atoms with van der Waals surface area (Å²) in [5.41, 5.74) is 4.65. The van der Waals surface area contributed by atoms with Crippen LogP contribution < -0.4 is 5.73 Å². The molecule has 0 bridgehead atoms. The molecule has 1 atom stereocenters. The van der Waals surface area contributed by atoms with Crippen molar-refractivity contribution in [1.29, 1.82) is 0 Å². The van der Waals surface area contributed by atoms with Crippen LogP contribution in [-0.4, -0.2) is 11.7 Å². The minimum absolute atomic E-state index is 0.0587. The van der Waals surface area contributed by atoms with Gasteiger partial charge in [0.15, 0.2) is 0 Å². The molecule has 1 aromatic carbocycles. The van der Waals surface area contributed by atoms with Gasteiger partial charge in [-0.3, -0.25) is 0 Å². The second kappa shape index (κ2) is 5.46. The molecule has 0 heterocycles. The maximum absolute atomic E-state index is 13.2. The standard InChI is InChI=1S/C11H13F4NO/c12-9-6-7(10(16)2-1-5-17)3-4-8(9)11(13,14)15/h3-4,6,10,17H,1-2,5,16H2/t10-/m0/s1. The van der Waals surface area contributed by atoms with E-state index in [1.165, 1.54) is 0 Å². The normalized spacial score (nSPS) is 13.8. The van der Waals surface area contributed by atoms with Crippen molar-refractivity contribution in [3.63, 3.8) is 0 Å². The molecule has 17 heavy (non-hydrogen) atoms. The molecule has 0 spiro atoms. The minimum atomic E-state index is -4.70. The van der Waals surface area contributed by atoms with Gasteiger partial charge in [-0.25, -0.2) is 4.39 Å². The molecule has 0 saturated heterocycles. The number of nitrogens with two attached hydrogens (primary N) is 1. The van der Waals surface area contributed by atoms with Crippen LogP contribution in [0, 0.1) is 5.82 Å². The van der Waals surface area contributed by atoms with Crippen molar-refractivity contribution in [2.45, 2.75) is 25.1 Å². The molecule has 1 rings (SSSR count). The van der Waals surface area contributed by atoms with Gasteiger partial charge in [0.25, 0.3) is 0 Å². The van der Waals surface area contributed by atoms with E-state index in [1.807, 2.05) is 0 Å². The Labute approximate surface area is 96.1 Å². The molecule has 1 aromatic rings. The van der Waals surface area contributed by atoms with Gasteiger partial charge in [0.2, 0.25) is 0 Å². The maximum atomic E-state index is 13.2. The zero-order valence-corrected chi connectivity index (χ0v) is 8.97. The summed E-state index contributed by atoms with van der Waals surface area (Å²) in [6.45, 7) is -0.0587. The zero-order valence-electron chi connectivity index (χ0n) is 8.97. The van der Waals surface area contributed by atoms with Gasteiger partial charge in [-0.05, 0) is 30.5 Å². The number of hydrogen-bond acceptors (Lipinski definition) is 2. The van der Waals surface area contributed by atoms with Crippen LogP contribution in [0.4, 0.5) is 17.6 Å². The van der Waals surface area contributed by atoms with Gasteiger partial charge < -0.3 is 10.8 Å². The number of hydrogen-bond donors (Lipinski definition) is 2. The van der Waals surface area contributed by atoms with Crippen LogP contribution in [-0.2, 0) is 6.18 Å². The fourth-order valence-corrected chi connectivity index (χ4v) is 1.47. The van der Waals surface area contributed by atoms with E-state index in [0.717, 1.165) is 12.1 Å². The van der Waals surface area contributed by atoms with Crippen molar-refractivity contribution in [3.05, 3.63) is 35.1 Å². The molecule has 0 aliphatic heterocycles. The van der Waals surface area contributed by atoms with E-state index < -0.39 is 23.6 Å². The average Bonchev–Trinajstić information content (AvgIpc) is 2.23. The van der Waals surface area contributed by atoms with E-state index in [4.69, 9.17) is 10.8 Å². The maximum Gasteiger partial charge on any atom is 0.419 e. The third-order valence-electron chi connectivity index (χ3n) is 2.40. The summed E-state index contributed by atoms with van der Waals surface area (Å²) in [6, 6.07) is 2.07. The third kappa shape index (κ3) is 3.67. The van der Waals surface area contributed by atoms with Gasteiger partial charge in [-0.2, -0.15) is 13.2 Å². The summed E-state index contributed by atoms with van der Waals surface area (Å²) in [4.78, 5) is 0. The van der Waals surface area contributed by atoms with E-state index in [0.29, 0.717) is 24.5 Å². The fourth-order valence-electron chi connectivity index (χ4n) is 1.47. The quantitative estimate of drug-likeness (QED) is 0.808. The predicted molar refractivity (Wildman–Crippen MR) is 54.7 cm³/mol. The summed E-state index contributed by atoms with van der Waals surface area (Å²) in [7, 11) is 0. The highest BCUT2D eigenvalue weighted by Crippen LogP contribution is 2.32. The minimum Gasteiger partial charge on any atom is -0.396 e. The monoisotopic (exact) mass is 251 g/mol. The molecule has 6 heteroatoms. The van der Waals surface area contributed by atoms with E-state index in [9.17, 15) is 17.6 Å². The van der Waals surface area contributed by atoms with Crippen molar-refractivity contribution in [2.75, 3.05) is 6.61 Å². The molecule has 0 amide bonds. The third-order valence-corrected chi connectivity index (χ3v) is 2.40. The first-order valence-corrected chi connectivity index (χ1v) is 5.09. The Kier molecular flexibility index (Phi) is 4.47. The SMILES string of the molecule is N[C@@H](CCCO)c1ccc(C(F)(F)F)c(F)c1. The van der Waals surface area contributed by atoms with Crippen molar-refractivity contribution >= 4 is 0 Å². The van der Waals surface area contributed by atoms with E-state index >= 15 is 0 Å². The molecule has 0 saturated carbocycles. The number of aliphatic hydroxyl groups is 1. The summed E-state index contributed by atoms with van der Waals surface area (Å²) in [5.74, 6) is -1.32. The Hall–Kier alpha value is -1.14. The Morgan fingerprint density at radius 2 is 1.94 bits per heavy atom. The van der Waals surface area contributed by atoms with Crippen molar-refractivity contribution < 1.29 is 22.7 Å². The van der Waals surface area contributed by atoms with Gasteiger partial charge in [-0.15, -0.1) is 0 Å². The Balaban J connectivity index is 2.89. The molecule has 3 N–H and O–H groups in total. The van der Waals surface area contributed by atoms with Gasteiger partial charge in [-0.1, -0.05) is 6.07 Å².